The Morgan fingerprint density at radius 2 is 1.78 bits per heavy atom. The van der Waals surface area contributed by atoms with Crippen molar-refractivity contribution >= 4 is 28.0 Å². The number of para-hydroxylation sites is 2. The Labute approximate surface area is 129 Å². The van der Waals surface area contributed by atoms with E-state index in [9.17, 15) is 19.3 Å². The normalized spacial score (nSPS) is 10.7. The van der Waals surface area contributed by atoms with Crippen LogP contribution in [0.1, 0.15) is 0 Å². The molecule has 3 aromatic rings. The summed E-state index contributed by atoms with van der Waals surface area (Å²) in [4.78, 5) is 22.9. The zero-order chi connectivity index (χ0) is 16.6. The quantitative estimate of drug-likeness (QED) is 0.594. The minimum atomic E-state index is -0.757. The number of rotatable bonds is 3. The van der Waals surface area contributed by atoms with Gasteiger partial charge in [-0.25, -0.2) is 4.39 Å². The molecule has 1 heterocycles. The fraction of sp³-hybridized carbons (Fsp3) is 0.0625. The van der Waals surface area contributed by atoms with Gasteiger partial charge in [-0.2, -0.15) is 0 Å². The van der Waals surface area contributed by atoms with Crippen LogP contribution in [0.25, 0.3) is 10.9 Å². The van der Waals surface area contributed by atoms with Crippen molar-refractivity contribution in [3.63, 3.8) is 0 Å². The molecule has 0 bridgehead atoms. The van der Waals surface area contributed by atoms with E-state index < -0.39 is 22.0 Å². The predicted molar refractivity (Wildman–Crippen MR) is 85.5 cm³/mol. The Hall–Kier alpha value is -3.22. The number of nitrogens with one attached hydrogen (secondary N) is 1. The van der Waals surface area contributed by atoms with E-state index >= 15 is 0 Å². The highest BCUT2D eigenvalue weighted by molar-refractivity contribution is 5.97. The number of benzene rings is 2. The van der Waals surface area contributed by atoms with Crippen molar-refractivity contribution in [2.45, 2.75) is 0 Å². The maximum absolute atomic E-state index is 13.9. The number of nitrogens with zero attached hydrogens (tertiary/aromatic N) is 2. The highest BCUT2D eigenvalue weighted by Gasteiger charge is 2.25. The van der Waals surface area contributed by atoms with E-state index in [2.05, 4.69) is 5.32 Å². The van der Waals surface area contributed by atoms with Gasteiger partial charge in [0.25, 0.3) is 0 Å². The molecule has 0 radical (unpaired) electrons. The molecule has 1 N–H and O–H groups in total. The van der Waals surface area contributed by atoms with Crippen LogP contribution in [0.5, 0.6) is 0 Å². The molecule has 0 amide bonds. The molecule has 7 heteroatoms. The highest BCUT2D eigenvalue weighted by atomic mass is 19.1. The number of aryl methyl sites for hydroxylation is 1. The lowest BCUT2D eigenvalue weighted by atomic mass is 10.1. The second-order valence-electron chi connectivity index (χ2n) is 4.97. The molecule has 2 aromatic carbocycles. The molecule has 0 atom stereocenters. The van der Waals surface area contributed by atoms with Gasteiger partial charge in [0.1, 0.15) is 11.5 Å². The van der Waals surface area contributed by atoms with E-state index in [0.29, 0.717) is 10.9 Å². The Balaban J connectivity index is 2.36. The average molecular weight is 313 g/mol. The van der Waals surface area contributed by atoms with Crippen molar-refractivity contribution in [1.82, 2.24) is 4.57 Å². The van der Waals surface area contributed by atoms with Gasteiger partial charge in [0, 0.05) is 12.4 Å². The first-order chi connectivity index (χ1) is 11.0. The monoisotopic (exact) mass is 313 g/mol. The lowest BCUT2D eigenvalue weighted by molar-refractivity contribution is -0.385. The van der Waals surface area contributed by atoms with Crippen molar-refractivity contribution < 1.29 is 9.31 Å². The molecule has 116 valence electrons. The summed E-state index contributed by atoms with van der Waals surface area (Å²) in [6.07, 6.45) is 0. The summed E-state index contributed by atoms with van der Waals surface area (Å²) < 4.78 is 15.1. The SMILES string of the molecule is Cn1c(=O)c([N+](=O)[O-])c(Nc2ccccc2F)c2ccccc21. The van der Waals surface area contributed by atoms with Crippen molar-refractivity contribution in [3.05, 3.63) is 74.8 Å². The summed E-state index contributed by atoms with van der Waals surface area (Å²) in [5, 5.41) is 14.5. The van der Waals surface area contributed by atoms with E-state index in [-0.39, 0.29) is 11.4 Å². The zero-order valence-corrected chi connectivity index (χ0v) is 12.1. The molecule has 0 unspecified atom stereocenters. The summed E-state index contributed by atoms with van der Waals surface area (Å²) in [6.45, 7) is 0. The van der Waals surface area contributed by atoms with Crippen LogP contribution < -0.4 is 10.9 Å². The lowest BCUT2D eigenvalue weighted by Gasteiger charge is -2.13. The average Bonchev–Trinajstić information content (AvgIpc) is 2.54. The number of nitro groups is 1. The maximum Gasteiger partial charge on any atom is 0.357 e. The van der Waals surface area contributed by atoms with Crippen LogP contribution in [-0.4, -0.2) is 9.49 Å². The van der Waals surface area contributed by atoms with Gasteiger partial charge in [-0.15, -0.1) is 0 Å². The maximum atomic E-state index is 13.9. The van der Waals surface area contributed by atoms with Gasteiger partial charge >= 0.3 is 11.2 Å². The van der Waals surface area contributed by atoms with E-state index in [1.165, 1.54) is 29.8 Å². The number of aromatic nitrogens is 1. The third-order valence-electron chi connectivity index (χ3n) is 3.59. The molecule has 6 nitrogen and oxygen atoms in total. The van der Waals surface area contributed by atoms with E-state index in [4.69, 9.17) is 0 Å². The number of pyridine rings is 1. The zero-order valence-electron chi connectivity index (χ0n) is 12.1. The van der Waals surface area contributed by atoms with Gasteiger partial charge in [0.15, 0.2) is 0 Å². The van der Waals surface area contributed by atoms with Crippen LogP contribution in [-0.2, 0) is 7.05 Å². The van der Waals surface area contributed by atoms with Crippen molar-refractivity contribution in [2.24, 2.45) is 7.05 Å². The molecule has 0 aliphatic carbocycles. The predicted octanol–water partition coefficient (Wildman–Crippen LogP) is 3.33. The van der Waals surface area contributed by atoms with E-state index in [1.807, 2.05) is 0 Å². The van der Waals surface area contributed by atoms with Gasteiger partial charge in [0.2, 0.25) is 0 Å². The topological polar surface area (TPSA) is 77.2 Å². The molecule has 1 aromatic heterocycles. The molecule has 0 saturated carbocycles. The second-order valence-corrected chi connectivity index (χ2v) is 4.97. The molecule has 0 saturated heterocycles. The first kappa shape index (κ1) is 14.7. The highest BCUT2D eigenvalue weighted by Crippen LogP contribution is 2.32. The molecule has 23 heavy (non-hydrogen) atoms. The number of hydrogen-bond acceptors (Lipinski definition) is 4. The molecule has 0 spiro atoms. The molecule has 0 aliphatic rings. The van der Waals surface area contributed by atoms with Crippen LogP contribution in [0.15, 0.2) is 53.3 Å². The largest absolute Gasteiger partial charge is 0.357 e. The first-order valence-corrected chi connectivity index (χ1v) is 6.78. The Bertz CT molecular complexity index is 982. The number of fused-ring (bicyclic) bond motifs is 1. The third-order valence-corrected chi connectivity index (χ3v) is 3.59. The van der Waals surface area contributed by atoms with E-state index in [1.54, 1.807) is 30.3 Å². The summed E-state index contributed by atoms with van der Waals surface area (Å²) in [5.74, 6) is -0.563. The van der Waals surface area contributed by atoms with Crippen LogP contribution in [0.4, 0.5) is 21.5 Å². The van der Waals surface area contributed by atoms with Gasteiger partial charge < -0.3 is 9.88 Å². The second kappa shape index (κ2) is 5.53. The molecule has 0 aliphatic heterocycles. The van der Waals surface area contributed by atoms with Crippen LogP contribution in [0.3, 0.4) is 0 Å². The molecular weight excluding hydrogens is 301 g/mol. The van der Waals surface area contributed by atoms with Crippen LogP contribution in [0, 0.1) is 15.9 Å². The lowest BCUT2D eigenvalue weighted by Crippen LogP contribution is -2.22. The summed E-state index contributed by atoms with van der Waals surface area (Å²) in [6, 6.07) is 12.5. The smallest absolute Gasteiger partial charge is 0.347 e. The first-order valence-electron chi connectivity index (χ1n) is 6.78. The number of halogens is 1. The number of hydrogen-bond donors (Lipinski definition) is 1. The Morgan fingerprint density at radius 3 is 2.48 bits per heavy atom. The standard InChI is InChI=1S/C16H12FN3O3/c1-19-13-9-5-2-6-10(13)14(15(16(19)21)20(22)23)18-12-8-4-3-7-11(12)17/h2-9,18H,1H3. The molecule has 0 fully saturated rings. The fourth-order valence-electron chi connectivity index (χ4n) is 2.47. The minimum absolute atomic E-state index is 0.0150. The van der Waals surface area contributed by atoms with Gasteiger partial charge in [0.05, 0.1) is 16.1 Å². The summed E-state index contributed by atoms with van der Waals surface area (Å²) in [5.41, 5.74) is -0.809. The van der Waals surface area contributed by atoms with Gasteiger partial charge in [-0.05, 0) is 18.2 Å². The minimum Gasteiger partial charge on any atom is -0.347 e. The molecular formula is C16H12FN3O3. The Morgan fingerprint density at radius 1 is 1.13 bits per heavy atom. The van der Waals surface area contributed by atoms with Crippen molar-refractivity contribution in [3.8, 4) is 0 Å². The number of anilines is 2. The Kier molecular flexibility index (Phi) is 3.53. The third kappa shape index (κ3) is 2.42. The van der Waals surface area contributed by atoms with Crippen molar-refractivity contribution in [2.75, 3.05) is 5.32 Å². The van der Waals surface area contributed by atoms with E-state index in [0.717, 1.165) is 0 Å². The summed E-state index contributed by atoms with van der Waals surface area (Å²) in [7, 11) is 1.46. The fourth-order valence-corrected chi connectivity index (χ4v) is 2.47. The molecule has 3 rings (SSSR count). The van der Waals surface area contributed by atoms with Crippen LogP contribution >= 0.6 is 0 Å². The summed E-state index contributed by atoms with van der Waals surface area (Å²) >= 11 is 0. The van der Waals surface area contributed by atoms with Gasteiger partial charge in [-0.3, -0.25) is 14.9 Å². The van der Waals surface area contributed by atoms with Crippen LogP contribution in [0.2, 0.25) is 0 Å². The van der Waals surface area contributed by atoms with Crippen molar-refractivity contribution in [1.29, 1.82) is 0 Å². The van der Waals surface area contributed by atoms with Gasteiger partial charge in [-0.1, -0.05) is 30.3 Å².